The molecule has 0 saturated heterocycles. The lowest BCUT2D eigenvalue weighted by Crippen LogP contribution is -2.33. The molecule has 0 aromatic heterocycles. The fourth-order valence-electron chi connectivity index (χ4n) is 1.40. The Hall–Kier alpha value is -0.730. The number of aryl methyl sites for hydroxylation is 1. The number of ether oxygens (including phenoxy) is 1. The van der Waals surface area contributed by atoms with Crippen LogP contribution < -0.4 is 10.1 Å². The lowest BCUT2D eigenvalue weighted by molar-refractivity contribution is 0.297. The molecule has 3 heteroatoms. The summed E-state index contributed by atoms with van der Waals surface area (Å²) in [4.78, 5) is 0. The van der Waals surface area contributed by atoms with Crippen LogP contribution in [0.25, 0.3) is 0 Å². The molecule has 1 aromatic rings. The molecule has 0 radical (unpaired) electrons. The van der Waals surface area contributed by atoms with Crippen LogP contribution in [0.3, 0.4) is 0 Å². The molecule has 0 heterocycles. The molecule has 0 spiro atoms. The van der Waals surface area contributed by atoms with Gasteiger partial charge in [-0.05, 0) is 37.5 Å². The summed E-state index contributed by atoms with van der Waals surface area (Å²) in [5, 5.41) is 4.09. The van der Waals surface area contributed by atoms with E-state index in [1.807, 2.05) is 25.1 Å². The Labute approximate surface area is 109 Å². The zero-order valence-corrected chi connectivity index (χ0v) is 11.8. The van der Waals surface area contributed by atoms with Gasteiger partial charge in [0.2, 0.25) is 0 Å². The summed E-state index contributed by atoms with van der Waals surface area (Å²) in [6, 6.07) is 6.32. The number of benzene rings is 1. The minimum atomic E-state index is 0.506. The summed E-state index contributed by atoms with van der Waals surface area (Å²) in [5.74, 6) is 1.41. The van der Waals surface area contributed by atoms with Crippen LogP contribution in [-0.2, 0) is 0 Å². The third kappa shape index (κ3) is 4.97. The average molecular weight is 256 g/mol. The van der Waals surface area contributed by atoms with Crippen molar-refractivity contribution in [3.05, 3.63) is 28.8 Å². The predicted octanol–water partition coefficient (Wildman–Crippen LogP) is 3.66. The molecule has 1 N–H and O–H groups in total. The van der Waals surface area contributed by atoms with Crippen molar-refractivity contribution in [3.63, 3.8) is 0 Å². The minimum absolute atomic E-state index is 0.506. The van der Waals surface area contributed by atoms with E-state index in [0.717, 1.165) is 17.9 Å². The van der Waals surface area contributed by atoms with Crippen LogP contribution in [0.2, 0.25) is 5.02 Å². The van der Waals surface area contributed by atoms with Crippen LogP contribution in [-0.4, -0.2) is 19.2 Å². The lowest BCUT2D eigenvalue weighted by Gasteiger charge is -2.17. The van der Waals surface area contributed by atoms with Gasteiger partial charge in [0, 0.05) is 12.6 Å². The first-order chi connectivity index (χ1) is 8.00. The zero-order chi connectivity index (χ0) is 12.8. The van der Waals surface area contributed by atoms with Crippen molar-refractivity contribution in [2.24, 2.45) is 5.92 Å². The van der Waals surface area contributed by atoms with Gasteiger partial charge in [0.05, 0.1) is 5.02 Å². The van der Waals surface area contributed by atoms with Gasteiger partial charge in [0.1, 0.15) is 12.4 Å². The highest BCUT2D eigenvalue weighted by atomic mass is 35.5. The van der Waals surface area contributed by atoms with Gasteiger partial charge in [-0.3, -0.25) is 0 Å². The molecule has 2 nitrogen and oxygen atoms in total. The summed E-state index contributed by atoms with van der Waals surface area (Å²) in [7, 11) is 0. The minimum Gasteiger partial charge on any atom is -0.491 e. The lowest BCUT2D eigenvalue weighted by atomic mass is 10.1. The van der Waals surface area contributed by atoms with E-state index in [2.05, 4.69) is 26.1 Å². The largest absolute Gasteiger partial charge is 0.491 e. The summed E-state index contributed by atoms with van der Waals surface area (Å²) < 4.78 is 5.65. The van der Waals surface area contributed by atoms with E-state index in [9.17, 15) is 0 Å². The van der Waals surface area contributed by atoms with Crippen LogP contribution in [0.5, 0.6) is 5.75 Å². The smallest absolute Gasteiger partial charge is 0.138 e. The SMILES string of the molecule is Cc1ccc(Cl)c(OCCNC(C)C(C)C)c1. The van der Waals surface area contributed by atoms with Crippen LogP contribution >= 0.6 is 11.6 Å². The average Bonchev–Trinajstić information content (AvgIpc) is 2.28. The fourth-order valence-corrected chi connectivity index (χ4v) is 1.58. The van der Waals surface area contributed by atoms with Gasteiger partial charge >= 0.3 is 0 Å². The Balaban J connectivity index is 2.33. The topological polar surface area (TPSA) is 21.3 Å². The zero-order valence-electron chi connectivity index (χ0n) is 11.1. The molecule has 1 rings (SSSR count). The van der Waals surface area contributed by atoms with Gasteiger partial charge in [0.15, 0.2) is 0 Å². The summed E-state index contributed by atoms with van der Waals surface area (Å²) in [6.07, 6.45) is 0. The van der Waals surface area contributed by atoms with Crippen LogP contribution in [0.15, 0.2) is 18.2 Å². The van der Waals surface area contributed by atoms with Crippen molar-refractivity contribution < 1.29 is 4.74 Å². The van der Waals surface area contributed by atoms with Crippen molar-refractivity contribution in [3.8, 4) is 5.75 Å². The van der Waals surface area contributed by atoms with E-state index >= 15 is 0 Å². The number of nitrogens with one attached hydrogen (secondary N) is 1. The first-order valence-corrected chi connectivity index (χ1v) is 6.51. The Morgan fingerprint density at radius 3 is 2.65 bits per heavy atom. The molecule has 0 bridgehead atoms. The monoisotopic (exact) mass is 255 g/mol. The molecular weight excluding hydrogens is 234 g/mol. The van der Waals surface area contributed by atoms with E-state index in [-0.39, 0.29) is 0 Å². The van der Waals surface area contributed by atoms with Crippen LogP contribution in [0.1, 0.15) is 26.3 Å². The highest BCUT2D eigenvalue weighted by Crippen LogP contribution is 2.24. The van der Waals surface area contributed by atoms with Crippen molar-refractivity contribution in [1.82, 2.24) is 5.32 Å². The maximum atomic E-state index is 6.04. The fraction of sp³-hybridized carbons (Fsp3) is 0.571. The molecule has 1 atom stereocenters. The maximum Gasteiger partial charge on any atom is 0.138 e. The predicted molar refractivity (Wildman–Crippen MR) is 74.0 cm³/mol. The third-order valence-electron chi connectivity index (χ3n) is 2.91. The van der Waals surface area contributed by atoms with E-state index in [1.54, 1.807) is 0 Å². The van der Waals surface area contributed by atoms with Crippen molar-refractivity contribution in [2.75, 3.05) is 13.2 Å². The standard InChI is InChI=1S/C14H22ClNO/c1-10(2)12(4)16-7-8-17-14-9-11(3)5-6-13(14)15/h5-6,9-10,12,16H,7-8H2,1-4H3. The van der Waals surface area contributed by atoms with Crippen LogP contribution in [0.4, 0.5) is 0 Å². The number of rotatable bonds is 6. The Morgan fingerprint density at radius 2 is 2.00 bits per heavy atom. The second kappa shape index (κ2) is 6.87. The molecule has 0 fully saturated rings. The molecule has 0 aliphatic heterocycles. The van der Waals surface area contributed by atoms with Gasteiger partial charge in [-0.25, -0.2) is 0 Å². The number of hydrogen-bond donors (Lipinski definition) is 1. The summed E-state index contributed by atoms with van der Waals surface area (Å²) in [5.41, 5.74) is 1.16. The second-order valence-electron chi connectivity index (χ2n) is 4.77. The van der Waals surface area contributed by atoms with Gasteiger partial charge < -0.3 is 10.1 Å². The van der Waals surface area contributed by atoms with Crippen molar-refractivity contribution >= 4 is 11.6 Å². The van der Waals surface area contributed by atoms with Crippen LogP contribution in [0, 0.1) is 12.8 Å². The number of hydrogen-bond acceptors (Lipinski definition) is 2. The number of halogens is 1. The normalized spacial score (nSPS) is 12.8. The van der Waals surface area contributed by atoms with Gasteiger partial charge in [-0.15, -0.1) is 0 Å². The highest BCUT2D eigenvalue weighted by Gasteiger charge is 2.06. The molecule has 96 valence electrons. The highest BCUT2D eigenvalue weighted by molar-refractivity contribution is 6.32. The molecule has 17 heavy (non-hydrogen) atoms. The molecule has 0 aliphatic rings. The van der Waals surface area contributed by atoms with Gasteiger partial charge in [-0.2, -0.15) is 0 Å². The third-order valence-corrected chi connectivity index (χ3v) is 3.22. The Kier molecular flexibility index (Phi) is 5.79. The van der Waals surface area contributed by atoms with Gasteiger partial charge in [-0.1, -0.05) is 31.5 Å². The van der Waals surface area contributed by atoms with E-state index < -0.39 is 0 Å². The quantitative estimate of drug-likeness (QED) is 0.784. The molecular formula is C14H22ClNO. The Bertz CT molecular complexity index is 352. The van der Waals surface area contributed by atoms with Gasteiger partial charge in [0.25, 0.3) is 0 Å². The molecule has 1 aromatic carbocycles. The van der Waals surface area contributed by atoms with Crippen molar-refractivity contribution in [1.29, 1.82) is 0 Å². The van der Waals surface area contributed by atoms with E-state index in [1.165, 1.54) is 0 Å². The van der Waals surface area contributed by atoms with E-state index in [4.69, 9.17) is 16.3 Å². The van der Waals surface area contributed by atoms with E-state index in [0.29, 0.717) is 23.6 Å². The Morgan fingerprint density at radius 1 is 1.29 bits per heavy atom. The first kappa shape index (κ1) is 14.3. The molecule has 1 unspecified atom stereocenters. The molecule has 0 aliphatic carbocycles. The van der Waals surface area contributed by atoms with Crippen molar-refractivity contribution in [2.45, 2.75) is 33.7 Å². The second-order valence-corrected chi connectivity index (χ2v) is 5.18. The molecule has 0 saturated carbocycles. The maximum absolute atomic E-state index is 6.04. The summed E-state index contributed by atoms with van der Waals surface area (Å²) in [6.45, 7) is 10.1. The molecule has 0 amide bonds. The first-order valence-electron chi connectivity index (χ1n) is 6.13. The summed E-state index contributed by atoms with van der Waals surface area (Å²) >= 11 is 6.04.